The number of aryl methyl sites for hydroxylation is 1. The van der Waals surface area contributed by atoms with Crippen LogP contribution in [-0.2, 0) is 38.9 Å². The minimum atomic E-state index is -2.54. The van der Waals surface area contributed by atoms with Crippen LogP contribution in [0.4, 0.5) is 0 Å². The summed E-state index contributed by atoms with van der Waals surface area (Å²) >= 11 is 0. The Hall–Kier alpha value is -6.43. The van der Waals surface area contributed by atoms with Crippen LogP contribution in [0.3, 0.4) is 0 Å². The number of nitrogens with zero attached hydrogens (tertiary/aromatic N) is 5. The van der Waals surface area contributed by atoms with Gasteiger partial charge in [-0.1, -0.05) is 113 Å². The third-order valence-corrected chi connectivity index (χ3v) is 11.6. The SMILES string of the molecule is [2H]C([2H])([2H])n1c(-n2c3[c-]c(Oc4[c-]c(-n5[c-][n+](-c6cc(C(C)(C)C)cc(C(C)(C)C)c6)c6ccccc65)ccc4)ccc3c3c4oc5ccccc5c4ccc32)nc2ccccc21.[Pt]. The van der Waals surface area contributed by atoms with Gasteiger partial charge in [-0.05, 0) is 75.5 Å². The minimum absolute atomic E-state index is 0. The Balaban J connectivity index is 0.00000484. The fourth-order valence-corrected chi connectivity index (χ4v) is 8.40. The van der Waals surface area contributed by atoms with E-state index in [1.165, 1.54) is 15.7 Å². The number of rotatable bonds is 5. The Kier molecular flexibility index (Phi) is 8.15. The number of imidazole rings is 2. The van der Waals surface area contributed by atoms with Crippen LogP contribution in [0.25, 0.3) is 83.1 Å². The standard InChI is InChI=1S/C53H43N5O2.Pt/c1-52(2,3)33-27-34(53(4,5)6)29-36(28-33)57-32-56(44-20-11-12-21-45(44)57)35-15-14-16-37(30-35)59-38-23-24-41-47(31-38)58(51-54-42-18-9-10-19-43(42)55(51)7)46-26-25-40-39-17-8-13-22-48(39)60-50(40)49(41)46;/h8-29H,1-7H3;/q-2;/i7D3;. The summed E-state index contributed by atoms with van der Waals surface area (Å²) in [4.78, 5) is 4.95. The van der Waals surface area contributed by atoms with Crippen molar-refractivity contribution in [2.75, 3.05) is 0 Å². The molecular formula is C53H43N5O2Pt-2. The van der Waals surface area contributed by atoms with E-state index in [2.05, 4.69) is 101 Å². The second kappa shape index (κ2) is 14.1. The molecule has 0 aliphatic carbocycles. The molecule has 61 heavy (non-hydrogen) atoms. The molecule has 0 spiro atoms. The van der Waals surface area contributed by atoms with Gasteiger partial charge in [-0.3, -0.25) is 4.57 Å². The average Bonchev–Trinajstić information content (AvgIpc) is 4.01. The van der Waals surface area contributed by atoms with E-state index in [1.54, 1.807) is 6.07 Å². The molecule has 0 aliphatic rings. The van der Waals surface area contributed by atoms with Crippen molar-refractivity contribution in [3.8, 4) is 28.8 Å². The van der Waals surface area contributed by atoms with Gasteiger partial charge in [-0.2, -0.15) is 18.2 Å². The first kappa shape index (κ1) is 35.3. The van der Waals surface area contributed by atoms with Gasteiger partial charge in [0.05, 0.1) is 27.8 Å². The quantitative estimate of drug-likeness (QED) is 0.128. The van der Waals surface area contributed by atoms with Crippen molar-refractivity contribution >= 4 is 65.8 Å². The van der Waals surface area contributed by atoms with Gasteiger partial charge in [0.1, 0.15) is 11.2 Å². The van der Waals surface area contributed by atoms with Crippen molar-refractivity contribution < 1.29 is 38.9 Å². The smallest absolute Gasteiger partial charge is 0.268 e. The van der Waals surface area contributed by atoms with E-state index >= 15 is 0 Å². The molecule has 8 heteroatoms. The van der Waals surface area contributed by atoms with Crippen molar-refractivity contribution in [3.05, 3.63) is 163 Å². The molecule has 0 unspecified atom stereocenters. The Labute approximate surface area is 372 Å². The van der Waals surface area contributed by atoms with Crippen LogP contribution < -0.4 is 9.30 Å². The third-order valence-electron chi connectivity index (χ3n) is 11.6. The number of para-hydroxylation sites is 5. The van der Waals surface area contributed by atoms with Gasteiger partial charge in [0, 0.05) is 59.9 Å². The number of ether oxygens (including phenoxy) is 1. The van der Waals surface area contributed by atoms with E-state index < -0.39 is 6.98 Å². The van der Waals surface area contributed by atoms with E-state index in [0.29, 0.717) is 33.6 Å². The zero-order valence-electron chi connectivity index (χ0n) is 37.6. The number of furan rings is 1. The largest absolute Gasteiger partial charge is 0.510 e. The maximum absolute atomic E-state index is 8.67. The number of aromatic nitrogens is 5. The van der Waals surface area contributed by atoms with E-state index in [-0.39, 0.29) is 37.8 Å². The van der Waals surface area contributed by atoms with Crippen LogP contribution in [0.15, 0.2) is 138 Å². The van der Waals surface area contributed by atoms with Crippen molar-refractivity contribution in [1.82, 2.24) is 18.7 Å². The Bertz CT molecular complexity index is 3600. The Morgan fingerprint density at radius 3 is 2.16 bits per heavy atom. The van der Waals surface area contributed by atoms with Gasteiger partial charge in [-0.15, -0.1) is 24.3 Å². The monoisotopic (exact) mass is 979 g/mol. The fraction of sp³-hybridized carbons (Fsp3) is 0.170. The zero-order chi connectivity index (χ0) is 43.6. The molecule has 4 aromatic heterocycles. The molecule has 0 N–H and O–H groups in total. The summed E-state index contributed by atoms with van der Waals surface area (Å²) in [5.74, 6) is 1.13. The third kappa shape index (κ3) is 6.28. The summed E-state index contributed by atoms with van der Waals surface area (Å²) < 4.78 is 46.5. The van der Waals surface area contributed by atoms with E-state index in [9.17, 15) is 0 Å². The van der Waals surface area contributed by atoms with Crippen LogP contribution in [0, 0.1) is 18.5 Å². The Morgan fingerprint density at radius 1 is 0.672 bits per heavy atom. The molecule has 0 radical (unpaired) electrons. The van der Waals surface area contributed by atoms with E-state index in [1.807, 2.05) is 100 Å². The van der Waals surface area contributed by atoms with Gasteiger partial charge in [0.2, 0.25) is 5.95 Å². The average molecular weight is 980 g/mol. The van der Waals surface area contributed by atoms with Gasteiger partial charge in [0.15, 0.2) is 0 Å². The molecule has 0 amide bonds. The van der Waals surface area contributed by atoms with E-state index in [0.717, 1.165) is 55.1 Å². The minimum Gasteiger partial charge on any atom is -0.510 e. The summed E-state index contributed by atoms with van der Waals surface area (Å²) in [7, 11) is 0. The van der Waals surface area contributed by atoms with Crippen LogP contribution in [0.5, 0.6) is 11.5 Å². The van der Waals surface area contributed by atoms with Crippen molar-refractivity contribution in [1.29, 1.82) is 0 Å². The van der Waals surface area contributed by atoms with Crippen molar-refractivity contribution in [3.63, 3.8) is 0 Å². The van der Waals surface area contributed by atoms with Crippen LogP contribution in [0.1, 0.15) is 56.8 Å². The fourth-order valence-electron chi connectivity index (χ4n) is 8.40. The summed E-state index contributed by atoms with van der Waals surface area (Å²) in [5, 5.41) is 3.59. The molecule has 0 aliphatic heterocycles. The predicted molar refractivity (Wildman–Crippen MR) is 241 cm³/mol. The number of fused-ring (bicyclic) bond motifs is 9. The molecule has 7 nitrogen and oxygen atoms in total. The number of hydrogen-bond acceptors (Lipinski definition) is 3. The molecule has 0 saturated carbocycles. The predicted octanol–water partition coefficient (Wildman–Crippen LogP) is 12.6. The second-order valence-electron chi connectivity index (χ2n) is 17.6. The van der Waals surface area contributed by atoms with Crippen molar-refractivity contribution in [2.24, 2.45) is 6.98 Å². The van der Waals surface area contributed by atoms with Gasteiger partial charge in [0.25, 0.3) is 6.33 Å². The molecular weight excluding hydrogens is 934 g/mol. The maximum atomic E-state index is 8.67. The molecule has 7 aromatic carbocycles. The van der Waals surface area contributed by atoms with Crippen LogP contribution in [0.2, 0.25) is 0 Å². The molecule has 0 atom stereocenters. The summed E-state index contributed by atoms with van der Waals surface area (Å²) in [6, 6.07) is 51.1. The number of benzene rings is 7. The van der Waals surface area contributed by atoms with Gasteiger partial charge < -0.3 is 22.9 Å². The Morgan fingerprint density at radius 2 is 1.38 bits per heavy atom. The normalized spacial score (nSPS) is 13.3. The van der Waals surface area contributed by atoms with Gasteiger partial charge in [-0.25, -0.2) is 4.98 Å². The topological polar surface area (TPSA) is 53.9 Å². The first-order valence-electron chi connectivity index (χ1n) is 21.7. The second-order valence-corrected chi connectivity index (χ2v) is 17.6. The summed E-state index contributed by atoms with van der Waals surface area (Å²) in [6.45, 7) is 11.0. The first-order valence-corrected chi connectivity index (χ1v) is 20.2. The van der Waals surface area contributed by atoms with Crippen molar-refractivity contribution in [2.45, 2.75) is 52.4 Å². The van der Waals surface area contributed by atoms with Crippen LogP contribution >= 0.6 is 0 Å². The number of hydrogen-bond donors (Lipinski definition) is 0. The molecule has 4 heterocycles. The zero-order valence-corrected chi connectivity index (χ0v) is 36.8. The van der Waals surface area contributed by atoms with E-state index in [4.69, 9.17) is 18.3 Å². The summed E-state index contributed by atoms with van der Waals surface area (Å²) in [6.07, 6.45) is 3.66. The molecule has 11 aromatic rings. The first-order chi connectivity index (χ1) is 30.1. The van der Waals surface area contributed by atoms with Gasteiger partial charge >= 0.3 is 0 Å². The maximum Gasteiger partial charge on any atom is 0.268 e. The molecule has 0 fully saturated rings. The molecule has 11 rings (SSSR count). The molecule has 304 valence electrons. The molecule has 0 saturated heterocycles. The summed E-state index contributed by atoms with van der Waals surface area (Å²) in [5.41, 5.74) is 10.0. The van der Waals surface area contributed by atoms with Crippen LogP contribution in [-0.4, -0.2) is 18.7 Å². The molecule has 0 bridgehead atoms.